The smallest absolute Gasteiger partial charge is 0.406 e. The van der Waals surface area contributed by atoms with Crippen molar-refractivity contribution in [3.05, 3.63) is 35.9 Å². The Bertz CT molecular complexity index is 526. The third kappa shape index (κ3) is 4.24. The quantitative estimate of drug-likeness (QED) is 0.877. The van der Waals surface area contributed by atoms with Crippen LogP contribution in [0.1, 0.15) is 37.7 Å². The van der Waals surface area contributed by atoms with E-state index in [0.29, 0.717) is 24.9 Å². The van der Waals surface area contributed by atoms with Crippen LogP contribution in [0, 0.1) is 5.92 Å². The fourth-order valence-corrected chi connectivity index (χ4v) is 3.05. The molecule has 1 saturated carbocycles. The van der Waals surface area contributed by atoms with Crippen LogP contribution in [0.25, 0.3) is 0 Å². The van der Waals surface area contributed by atoms with Crippen LogP contribution >= 0.6 is 0 Å². The van der Waals surface area contributed by atoms with Crippen LogP contribution in [0.4, 0.5) is 4.79 Å². The normalized spacial score (nSPS) is 21.0. The summed E-state index contributed by atoms with van der Waals surface area (Å²) in [7, 11) is 3.19. The van der Waals surface area contributed by atoms with Crippen LogP contribution in [0.5, 0.6) is 0 Å². The van der Waals surface area contributed by atoms with E-state index >= 15 is 0 Å². The van der Waals surface area contributed by atoms with Crippen LogP contribution in [0.2, 0.25) is 0 Å². The first-order valence-corrected chi connectivity index (χ1v) is 8.20. The molecule has 23 heavy (non-hydrogen) atoms. The number of hydrogen-bond donors (Lipinski definition) is 1. The molecule has 1 atom stereocenters. The number of rotatable bonds is 6. The van der Waals surface area contributed by atoms with Crippen molar-refractivity contribution in [3.63, 3.8) is 0 Å². The Balaban J connectivity index is 1.84. The van der Waals surface area contributed by atoms with Gasteiger partial charge in [-0.25, -0.2) is 4.79 Å². The van der Waals surface area contributed by atoms with Crippen LogP contribution in [-0.2, 0) is 9.53 Å². The summed E-state index contributed by atoms with van der Waals surface area (Å²) in [6, 6.07) is 10.7. The highest BCUT2D eigenvalue weighted by atomic mass is 16.5. The zero-order chi connectivity index (χ0) is 16.8. The average molecular weight is 318 g/mol. The van der Waals surface area contributed by atoms with Crippen LogP contribution in [0.3, 0.4) is 0 Å². The number of benzene rings is 1. The Kier molecular flexibility index (Phi) is 6.02. The summed E-state index contributed by atoms with van der Waals surface area (Å²) in [6.07, 6.45) is 2.22. The molecule has 0 radical (unpaired) electrons. The number of nitrogens with one attached hydrogen (secondary N) is 1. The second-order valence-corrected chi connectivity index (χ2v) is 6.16. The molecule has 1 aliphatic carbocycles. The Hall–Kier alpha value is -2.04. The largest absolute Gasteiger partial charge is 0.453 e. The highest BCUT2D eigenvalue weighted by molar-refractivity contribution is 5.80. The van der Waals surface area contributed by atoms with Crippen molar-refractivity contribution >= 4 is 12.0 Å². The monoisotopic (exact) mass is 318 g/mol. The third-order valence-electron chi connectivity index (χ3n) is 4.80. The lowest BCUT2D eigenvalue weighted by Gasteiger charge is -2.42. The maximum Gasteiger partial charge on any atom is 0.406 e. The van der Waals surface area contributed by atoms with Crippen molar-refractivity contribution < 1.29 is 14.3 Å². The zero-order valence-electron chi connectivity index (χ0n) is 14.1. The van der Waals surface area contributed by atoms with Crippen molar-refractivity contribution in [3.8, 4) is 0 Å². The number of alkyl carbamates (subject to hydrolysis) is 1. The van der Waals surface area contributed by atoms with Crippen LogP contribution in [0.15, 0.2) is 30.3 Å². The Morgan fingerprint density at radius 2 is 1.96 bits per heavy atom. The standard InChI is InChI=1S/C18H26N2O3/c1-4-13(12-19-18(22)23-3)17(21)20(2)16-10-15(11-16)14-8-6-5-7-9-14/h5-9,13,15-16H,4,10-12H2,1-3H3,(H,19,22)/t13-,15-,16+/m1/s1. The van der Waals surface area contributed by atoms with Crippen molar-refractivity contribution in [2.75, 3.05) is 20.7 Å². The molecule has 2 rings (SSSR count). The lowest BCUT2D eigenvalue weighted by molar-refractivity contribution is -0.138. The molecule has 0 unspecified atom stereocenters. The number of carbonyl (C=O) groups is 2. The molecule has 1 N–H and O–H groups in total. The maximum atomic E-state index is 12.6. The topological polar surface area (TPSA) is 58.6 Å². The van der Waals surface area contributed by atoms with Gasteiger partial charge in [-0.15, -0.1) is 0 Å². The van der Waals surface area contributed by atoms with Gasteiger partial charge >= 0.3 is 6.09 Å². The molecule has 126 valence electrons. The van der Waals surface area contributed by atoms with Gasteiger partial charge in [-0.3, -0.25) is 4.79 Å². The second kappa shape index (κ2) is 7.99. The Morgan fingerprint density at radius 3 is 2.52 bits per heavy atom. The second-order valence-electron chi connectivity index (χ2n) is 6.16. The van der Waals surface area contributed by atoms with Crippen LogP contribution in [-0.4, -0.2) is 43.6 Å². The van der Waals surface area contributed by atoms with Gasteiger partial charge in [0.05, 0.1) is 13.0 Å². The number of methoxy groups -OCH3 is 1. The van der Waals surface area contributed by atoms with E-state index in [-0.39, 0.29) is 11.8 Å². The van der Waals surface area contributed by atoms with E-state index in [1.807, 2.05) is 24.9 Å². The minimum atomic E-state index is -0.494. The molecule has 1 aromatic carbocycles. The predicted molar refractivity (Wildman–Crippen MR) is 89.2 cm³/mol. The lowest BCUT2D eigenvalue weighted by Crippen LogP contribution is -2.48. The molecule has 0 aliphatic heterocycles. The molecule has 1 aliphatic rings. The highest BCUT2D eigenvalue weighted by Crippen LogP contribution is 2.39. The van der Waals surface area contributed by atoms with E-state index in [1.54, 1.807) is 0 Å². The van der Waals surface area contributed by atoms with E-state index in [2.05, 4.69) is 34.3 Å². The molecular weight excluding hydrogens is 292 g/mol. The van der Waals surface area contributed by atoms with Gasteiger partial charge < -0.3 is 15.0 Å². The molecule has 1 aromatic rings. The number of hydrogen-bond acceptors (Lipinski definition) is 3. The van der Waals surface area contributed by atoms with E-state index in [4.69, 9.17) is 0 Å². The molecule has 0 aromatic heterocycles. The number of amides is 2. The molecule has 2 amide bonds. The number of carbonyl (C=O) groups excluding carboxylic acids is 2. The SMILES string of the molecule is CC[C@H](CNC(=O)OC)C(=O)N(C)[C@H]1C[C@@H](c2ccccc2)C1. The van der Waals surface area contributed by atoms with E-state index in [0.717, 1.165) is 12.8 Å². The highest BCUT2D eigenvalue weighted by Gasteiger charge is 2.36. The molecule has 0 saturated heterocycles. The van der Waals surface area contributed by atoms with Gasteiger partial charge in [0.25, 0.3) is 0 Å². The first kappa shape index (κ1) is 17.3. The van der Waals surface area contributed by atoms with Gasteiger partial charge in [0.15, 0.2) is 0 Å². The Labute approximate surface area is 138 Å². The summed E-state index contributed by atoms with van der Waals surface area (Å²) < 4.78 is 4.55. The van der Waals surface area contributed by atoms with E-state index < -0.39 is 6.09 Å². The number of ether oxygens (including phenoxy) is 1. The minimum Gasteiger partial charge on any atom is -0.453 e. The summed E-state index contributed by atoms with van der Waals surface area (Å²) >= 11 is 0. The molecule has 5 heteroatoms. The average Bonchev–Trinajstić information content (AvgIpc) is 2.54. The van der Waals surface area contributed by atoms with Gasteiger partial charge in [-0.1, -0.05) is 37.3 Å². The lowest BCUT2D eigenvalue weighted by atomic mass is 9.75. The fraction of sp³-hybridized carbons (Fsp3) is 0.556. The summed E-state index contributed by atoms with van der Waals surface area (Å²) in [5.74, 6) is 0.444. The predicted octanol–water partition coefficient (Wildman–Crippen LogP) is 2.77. The summed E-state index contributed by atoms with van der Waals surface area (Å²) in [4.78, 5) is 25.6. The third-order valence-corrected chi connectivity index (χ3v) is 4.80. The first-order chi connectivity index (χ1) is 11.1. The molecule has 0 bridgehead atoms. The first-order valence-electron chi connectivity index (χ1n) is 8.20. The molecule has 5 nitrogen and oxygen atoms in total. The van der Waals surface area contributed by atoms with Gasteiger partial charge in [0.1, 0.15) is 0 Å². The summed E-state index contributed by atoms with van der Waals surface area (Å²) in [5.41, 5.74) is 1.35. The fourth-order valence-electron chi connectivity index (χ4n) is 3.05. The van der Waals surface area contributed by atoms with Crippen molar-refractivity contribution in [1.29, 1.82) is 0 Å². The van der Waals surface area contributed by atoms with E-state index in [1.165, 1.54) is 12.7 Å². The van der Waals surface area contributed by atoms with Crippen molar-refractivity contribution in [1.82, 2.24) is 10.2 Å². The molecule has 0 heterocycles. The summed E-state index contributed by atoms with van der Waals surface area (Å²) in [6.45, 7) is 2.28. The Morgan fingerprint density at radius 1 is 1.30 bits per heavy atom. The minimum absolute atomic E-state index is 0.0976. The van der Waals surface area contributed by atoms with Crippen molar-refractivity contribution in [2.24, 2.45) is 5.92 Å². The van der Waals surface area contributed by atoms with Gasteiger partial charge in [-0.05, 0) is 30.7 Å². The maximum absolute atomic E-state index is 12.6. The van der Waals surface area contributed by atoms with E-state index in [9.17, 15) is 9.59 Å². The number of nitrogens with zero attached hydrogens (tertiary/aromatic N) is 1. The molecule has 1 fully saturated rings. The van der Waals surface area contributed by atoms with Crippen LogP contribution < -0.4 is 5.32 Å². The van der Waals surface area contributed by atoms with Gasteiger partial charge in [0, 0.05) is 19.6 Å². The van der Waals surface area contributed by atoms with Gasteiger partial charge in [-0.2, -0.15) is 0 Å². The molecule has 0 spiro atoms. The zero-order valence-corrected chi connectivity index (χ0v) is 14.1. The van der Waals surface area contributed by atoms with Crippen molar-refractivity contribution in [2.45, 2.75) is 38.1 Å². The summed E-state index contributed by atoms with van der Waals surface area (Å²) in [5, 5.41) is 2.62. The van der Waals surface area contributed by atoms with Gasteiger partial charge in [0.2, 0.25) is 5.91 Å². The molecular formula is C18H26N2O3.